The molecule has 0 spiro atoms. The monoisotopic (exact) mass is 356 g/mol. The van der Waals surface area contributed by atoms with Gasteiger partial charge in [0.25, 0.3) is 0 Å². The highest BCUT2D eigenvalue weighted by Gasteiger charge is 2.16. The number of fused-ring (bicyclic) bond motifs is 1. The number of esters is 1. The lowest BCUT2D eigenvalue weighted by molar-refractivity contribution is -0.152. The van der Waals surface area contributed by atoms with E-state index in [0.29, 0.717) is 17.4 Å². The Hall–Kier alpha value is -2.59. The predicted molar refractivity (Wildman–Crippen MR) is 99.7 cm³/mol. The Labute approximate surface area is 152 Å². The Morgan fingerprint density at radius 2 is 1.88 bits per heavy atom. The number of aromatic hydroxyl groups is 1. The molecule has 0 bridgehead atoms. The van der Waals surface area contributed by atoms with Crippen molar-refractivity contribution >= 4 is 16.7 Å². The van der Waals surface area contributed by atoms with E-state index in [1.807, 2.05) is 18.2 Å². The summed E-state index contributed by atoms with van der Waals surface area (Å²) in [6.07, 6.45) is 0.173. The largest absolute Gasteiger partial charge is 0.507 e. The maximum atomic E-state index is 11.4. The fourth-order valence-corrected chi connectivity index (χ4v) is 2.74. The summed E-state index contributed by atoms with van der Waals surface area (Å²) in [5, 5.41) is 31.6. The quantitative estimate of drug-likeness (QED) is 0.523. The summed E-state index contributed by atoms with van der Waals surface area (Å²) >= 11 is 0. The zero-order valence-electron chi connectivity index (χ0n) is 15.0. The van der Waals surface area contributed by atoms with Crippen LogP contribution in [0, 0.1) is 0 Å². The minimum Gasteiger partial charge on any atom is -0.507 e. The average Bonchev–Trinajstić information content (AvgIpc) is 2.62. The Morgan fingerprint density at radius 1 is 1.19 bits per heavy atom. The smallest absolute Gasteiger partial charge is 0.335 e. The van der Waals surface area contributed by atoms with Gasteiger partial charge in [-0.1, -0.05) is 30.3 Å². The van der Waals surface area contributed by atoms with Crippen molar-refractivity contribution in [1.82, 2.24) is 0 Å². The highest BCUT2D eigenvalue weighted by molar-refractivity contribution is 5.91. The van der Waals surface area contributed by atoms with Gasteiger partial charge in [-0.3, -0.25) is 0 Å². The van der Waals surface area contributed by atoms with Crippen LogP contribution >= 0.6 is 0 Å². The second-order valence-electron chi connectivity index (χ2n) is 6.07. The summed E-state index contributed by atoms with van der Waals surface area (Å²) in [5.41, 5.74) is 4.40. The van der Waals surface area contributed by atoms with Crippen molar-refractivity contribution in [3.05, 3.63) is 59.3 Å². The number of aliphatic hydroxyl groups is 2. The van der Waals surface area contributed by atoms with Gasteiger partial charge in [-0.15, -0.1) is 5.73 Å². The van der Waals surface area contributed by atoms with Gasteiger partial charge in [0.15, 0.2) is 6.10 Å². The molecule has 0 saturated carbocycles. The number of hydrogen-bond acceptors (Lipinski definition) is 5. The summed E-state index contributed by atoms with van der Waals surface area (Å²) < 4.78 is 4.75. The first-order chi connectivity index (χ1) is 12.4. The highest BCUT2D eigenvalue weighted by atomic mass is 16.5. The van der Waals surface area contributed by atoms with E-state index >= 15 is 0 Å². The lowest BCUT2D eigenvalue weighted by Gasteiger charge is -2.12. The molecule has 0 saturated heterocycles. The predicted octanol–water partition coefficient (Wildman–Crippen LogP) is 3.38. The van der Waals surface area contributed by atoms with Gasteiger partial charge in [0.2, 0.25) is 0 Å². The van der Waals surface area contributed by atoms with E-state index in [9.17, 15) is 20.1 Å². The Balaban J connectivity index is 2.08. The van der Waals surface area contributed by atoms with Crippen LogP contribution < -0.4 is 0 Å². The molecule has 0 aliphatic carbocycles. The lowest BCUT2D eigenvalue weighted by atomic mass is 9.98. The van der Waals surface area contributed by atoms with Crippen molar-refractivity contribution in [3.8, 4) is 5.75 Å². The molecule has 0 fully saturated rings. The van der Waals surface area contributed by atoms with Crippen molar-refractivity contribution in [2.45, 2.75) is 38.9 Å². The fourth-order valence-electron chi connectivity index (χ4n) is 2.74. The van der Waals surface area contributed by atoms with Crippen LogP contribution in [0.4, 0.5) is 0 Å². The third-order valence-electron chi connectivity index (χ3n) is 4.04. The molecule has 2 aromatic carbocycles. The van der Waals surface area contributed by atoms with Crippen molar-refractivity contribution in [2.24, 2.45) is 0 Å². The van der Waals surface area contributed by atoms with Gasteiger partial charge in [0.1, 0.15) is 5.75 Å². The molecule has 138 valence electrons. The summed E-state index contributed by atoms with van der Waals surface area (Å²) in [6.45, 7) is 3.66. The molecule has 2 aromatic rings. The van der Waals surface area contributed by atoms with Gasteiger partial charge in [-0.05, 0) is 42.5 Å². The first kappa shape index (κ1) is 19.7. The molecule has 0 aliphatic rings. The first-order valence-corrected chi connectivity index (χ1v) is 8.58. The van der Waals surface area contributed by atoms with Crippen molar-refractivity contribution in [2.75, 3.05) is 6.61 Å². The molecule has 0 heterocycles. The lowest BCUT2D eigenvalue weighted by Crippen LogP contribution is -2.23. The van der Waals surface area contributed by atoms with Gasteiger partial charge in [-0.25, -0.2) is 4.79 Å². The molecule has 0 radical (unpaired) electrons. The van der Waals surface area contributed by atoms with Crippen molar-refractivity contribution in [1.29, 1.82) is 0 Å². The van der Waals surface area contributed by atoms with E-state index in [4.69, 9.17) is 4.74 Å². The standard InChI is InChI=1S/C21H24O5/c1-3-26-21(25)20(24)13-14(2)7-6-10-18(22)17-11-12-19(23)16-9-5-4-8-15(16)17/h4-6,8-9,11-12,18,20,22-24H,3,10,13H2,1-2H3/t7?,18-,20-/m1/s1. The molecule has 2 atom stereocenters. The van der Waals surface area contributed by atoms with Crippen LogP contribution in [0.25, 0.3) is 10.8 Å². The van der Waals surface area contributed by atoms with Crippen LogP contribution in [0.1, 0.15) is 38.4 Å². The maximum absolute atomic E-state index is 11.4. The number of rotatable bonds is 7. The molecular weight excluding hydrogens is 332 g/mol. The molecule has 3 N–H and O–H groups in total. The SMILES string of the molecule is CCOC(=O)[C@H](O)CC(C)=C=CC[C@@H](O)c1ccc(O)c2ccccc12. The molecule has 0 aliphatic heterocycles. The van der Waals surface area contributed by atoms with Crippen molar-refractivity contribution < 1.29 is 24.9 Å². The van der Waals surface area contributed by atoms with Crippen LogP contribution in [0.5, 0.6) is 5.75 Å². The summed E-state index contributed by atoms with van der Waals surface area (Å²) in [6, 6.07) is 10.6. The average molecular weight is 356 g/mol. The zero-order valence-corrected chi connectivity index (χ0v) is 15.0. The number of benzene rings is 2. The van der Waals surface area contributed by atoms with Gasteiger partial charge in [0.05, 0.1) is 12.7 Å². The number of aliphatic hydroxyl groups excluding tert-OH is 2. The second kappa shape index (κ2) is 9.20. The minimum absolute atomic E-state index is 0.133. The van der Waals surface area contributed by atoms with E-state index in [1.54, 1.807) is 38.1 Å². The molecular formula is C21H24O5. The Morgan fingerprint density at radius 3 is 2.58 bits per heavy atom. The first-order valence-electron chi connectivity index (χ1n) is 8.58. The van der Waals surface area contributed by atoms with Gasteiger partial charge >= 0.3 is 5.97 Å². The number of hydrogen-bond donors (Lipinski definition) is 3. The molecule has 0 unspecified atom stereocenters. The van der Waals surface area contributed by atoms with E-state index in [1.165, 1.54) is 0 Å². The van der Waals surface area contributed by atoms with Gasteiger partial charge in [-0.2, -0.15) is 0 Å². The van der Waals surface area contributed by atoms with Crippen molar-refractivity contribution in [3.63, 3.8) is 0 Å². The summed E-state index contributed by atoms with van der Waals surface area (Å²) in [5.74, 6) is -0.472. The molecule has 0 amide bonds. The maximum Gasteiger partial charge on any atom is 0.335 e. The van der Waals surface area contributed by atoms with Gasteiger partial charge in [0, 0.05) is 18.2 Å². The van der Waals surface area contributed by atoms with Crippen LogP contribution in [-0.4, -0.2) is 34.0 Å². The van der Waals surface area contributed by atoms with Crippen LogP contribution in [0.3, 0.4) is 0 Å². The molecule has 5 heteroatoms. The summed E-state index contributed by atoms with van der Waals surface area (Å²) in [7, 11) is 0. The number of phenolic OH excluding ortho intramolecular Hbond substituents is 1. The number of carbonyl (C=O) groups excluding carboxylic acids is 1. The van der Waals surface area contributed by atoms with Gasteiger partial charge < -0.3 is 20.1 Å². The zero-order chi connectivity index (χ0) is 19.1. The number of carbonyl (C=O) groups is 1. The van der Waals surface area contributed by atoms with Crippen LogP contribution in [0.2, 0.25) is 0 Å². The number of phenols is 1. The molecule has 0 aromatic heterocycles. The highest BCUT2D eigenvalue weighted by Crippen LogP contribution is 2.32. The normalized spacial score (nSPS) is 12.9. The minimum atomic E-state index is -1.21. The third-order valence-corrected chi connectivity index (χ3v) is 4.04. The number of ether oxygens (including phenoxy) is 1. The topological polar surface area (TPSA) is 87.0 Å². The van der Waals surface area contributed by atoms with Crippen LogP contribution in [0.15, 0.2) is 53.8 Å². The Kier molecular flexibility index (Phi) is 6.98. The molecule has 26 heavy (non-hydrogen) atoms. The Bertz CT molecular complexity index is 833. The summed E-state index contributed by atoms with van der Waals surface area (Å²) in [4.78, 5) is 11.4. The second-order valence-corrected chi connectivity index (χ2v) is 6.07. The van der Waals surface area contributed by atoms with E-state index in [-0.39, 0.29) is 18.8 Å². The molecule has 2 rings (SSSR count). The van der Waals surface area contributed by atoms with Crippen LogP contribution in [-0.2, 0) is 9.53 Å². The molecule has 5 nitrogen and oxygen atoms in total. The third kappa shape index (κ3) is 4.96. The van der Waals surface area contributed by atoms with E-state index in [2.05, 4.69) is 5.73 Å². The fraction of sp³-hybridized carbons (Fsp3) is 0.333. The van der Waals surface area contributed by atoms with E-state index < -0.39 is 18.2 Å². The van der Waals surface area contributed by atoms with E-state index in [0.717, 1.165) is 10.9 Å².